The lowest BCUT2D eigenvalue weighted by Gasteiger charge is -2.15. The molecule has 0 fully saturated rings. The van der Waals surface area contributed by atoms with Gasteiger partial charge in [-0.25, -0.2) is 28.7 Å². The number of aryl methyl sites for hydroxylation is 1. The minimum atomic E-state index is -0.612. The maximum absolute atomic E-state index is 15.0. The fraction of sp³-hybridized carbons (Fsp3) is 0.269. The number of nitriles is 1. The SMILES string of the molecule is Cc1nc2cc(F)c(-c3cnc(OCCCCCN)nc3)nc2c(NCc2cc(C#N)ccc2F)c1Cl. The van der Waals surface area contributed by atoms with Gasteiger partial charge in [-0.15, -0.1) is 0 Å². The Kier molecular flexibility index (Phi) is 8.38. The molecule has 37 heavy (non-hydrogen) atoms. The number of aromatic nitrogens is 4. The zero-order chi connectivity index (χ0) is 26.4. The van der Waals surface area contributed by atoms with Crippen molar-refractivity contribution in [2.75, 3.05) is 18.5 Å². The maximum atomic E-state index is 15.0. The van der Waals surface area contributed by atoms with E-state index in [9.17, 15) is 4.39 Å². The van der Waals surface area contributed by atoms with E-state index in [1.807, 2.05) is 6.07 Å². The second-order valence-electron chi connectivity index (χ2n) is 8.30. The maximum Gasteiger partial charge on any atom is 0.316 e. The summed E-state index contributed by atoms with van der Waals surface area (Å²) >= 11 is 6.52. The molecule has 0 radical (unpaired) electrons. The normalized spacial score (nSPS) is 10.9. The van der Waals surface area contributed by atoms with Gasteiger partial charge in [0.2, 0.25) is 0 Å². The Balaban J connectivity index is 1.63. The first kappa shape index (κ1) is 26.1. The van der Waals surface area contributed by atoms with Crippen LogP contribution in [-0.2, 0) is 6.54 Å². The van der Waals surface area contributed by atoms with Gasteiger partial charge in [0.05, 0.1) is 40.2 Å². The monoisotopic (exact) mass is 523 g/mol. The molecule has 0 unspecified atom stereocenters. The van der Waals surface area contributed by atoms with E-state index in [1.165, 1.54) is 36.7 Å². The van der Waals surface area contributed by atoms with Gasteiger partial charge in [-0.1, -0.05) is 11.6 Å². The first-order valence-electron chi connectivity index (χ1n) is 11.6. The molecule has 0 bridgehead atoms. The second-order valence-corrected chi connectivity index (χ2v) is 8.67. The average Bonchev–Trinajstić information content (AvgIpc) is 2.90. The van der Waals surface area contributed by atoms with Gasteiger partial charge in [0, 0.05) is 36.1 Å². The van der Waals surface area contributed by atoms with E-state index in [-0.39, 0.29) is 34.4 Å². The standard InChI is InChI=1S/C26H24ClF2N7O/c1-15-22(27)25(32-12-17-9-16(11-31)5-6-19(17)28)24-21(35-15)10-20(29)23(36-24)18-13-33-26(34-14-18)37-8-4-2-3-7-30/h5-6,9-10,13-14H,2-4,7-8,12,30H2,1H3,(H,32,35). The summed E-state index contributed by atoms with van der Waals surface area (Å²) < 4.78 is 34.9. The van der Waals surface area contributed by atoms with Crippen molar-refractivity contribution in [2.45, 2.75) is 32.7 Å². The van der Waals surface area contributed by atoms with Crippen LogP contribution >= 0.6 is 11.6 Å². The van der Waals surface area contributed by atoms with E-state index >= 15 is 4.39 Å². The van der Waals surface area contributed by atoms with Crippen LogP contribution in [0.2, 0.25) is 5.02 Å². The van der Waals surface area contributed by atoms with Crippen LogP contribution in [0.4, 0.5) is 14.5 Å². The highest BCUT2D eigenvalue weighted by Crippen LogP contribution is 2.34. The molecule has 190 valence electrons. The number of hydrogen-bond donors (Lipinski definition) is 2. The van der Waals surface area contributed by atoms with Crippen LogP contribution < -0.4 is 15.8 Å². The summed E-state index contributed by atoms with van der Waals surface area (Å²) in [6.45, 7) is 2.80. The van der Waals surface area contributed by atoms with E-state index in [2.05, 4.69) is 25.3 Å². The van der Waals surface area contributed by atoms with Crippen molar-refractivity contribution in [1.29, 1.82) is 5.26 Å². The van der Waals surface area contributed by atoms with Gasteiger partial charge in [-0.2, -0.15) is 5.26 Å². The molecule has 3 N–H and O–H groups in total. The fourth-order valence-corrected chi connectivity index (χ4v) is 3.89. The number of unbranched alkanes of at least 4 members (excludes halogenated alkanes) is 2. The molecular formula is C26H24ClF2N7O. The molecule has 8 nitrogen and oxygen atoms in total. The van der Waals surface area contributed by atoms with Gasteiger partial charge < -0.3 is 15.8 Å². The van der Waals surface area contributed by atoms with E-state index in [1.54, 1.807) is 6.92 Å². The molecule has 0 aliphatic heterocycles. The van der Waals surface area contributed by atoms with Gasteiger partial charge in [0.15, 0.2) is 5.82 Å². The van der Waals surface area contributed by atoms with Crippen molar-refractivity contribution in [2.24, 2.45) is 5.73 Å². The number of nitrogens with two attached hydrogens (primary N) is 1. The van der Waals surface area contributed by atoms with Crippen molar-refractivity contribution in [1.82, 2.24) is 19.9 Å². The Hall–Kier alpha value is -3.94. The fourth-order valence-electron chi connectivity index (χ4n) is 3.69. The third-order valence-corrected chi connectivity index (χ3v) is 6.09. The van der Waals surface area contributed by atoms with Gasteiger partial charge >= 0.3 is 6.01 Å². The lowest BCUT2D eigenvalue weighted by molar-refractivity contribution is 0.282. The third-order valence-electron chi connectivity index (χ3n) is 5.63. The Labute approximate surface area is 217 Å². The Morgan fingerprint density at radius 1 is 1.08 bits per heavy atom. The number of nitrogens with one attached hydrogen (secondary N) is 1. The molecule has 0 saturated heterocycles. The number of nitrogens with zero attached hydrogens (tertiary/aromatic N) is 5. The molecule has 4 aromatic rings. The predicted molar refractivity (Wildman–Crippen MR) is 137 cm³/mol. The van der Waals surface area contributed by atoms with Crippen molar-refractivity contribution in [3.63, 3.8) is 0 Å². The average molecular weight is 524 g/mol. The molecule has 0 amide bonds. The summed E-state index contributed by atoms with van der Waals surface area (Å²) in [5.41, 5.74) is 7.81. The zero-order valence-electron chi connectivity index (χ0n) is 20.1. The topological polar surface area (TPSA) is 123 Å². The highest BCUT2D eigenvalue weighted by molar-refractivity contribution is 6.35. The molecule has 0 atom stereocenters. The zero-order valence-corrected chi connectivity index (χ0v) is 20.8. The largest absolute Gasteiger partial charge is 0.463 e. The number of hydrogen-bond acceptors (Lipinski definition) is 8. The van der Waals surface area contributed by atoms with Gasteiger partial charge in [-0.05, 0) is 50.9 Å². The summed E-state index contributed by atoms with van der Waals surface area (Å²) in [7, 11) is 0. The predicted octanol–water partition coefficient (Wildman–Crippen LogP) is 5.32. The molecule has 4 rings (SSSR count). The van der Waals surface area contributed by atoms with Gasteiger partial charge in [0.1, 0.15) is 17.0 Å². The Bertz CT molecular complexity index is 1460. The van der Waals surface area contributed by atoms with Gasteiger partial charge in [-0.3, -0.25) is 0 Å². The summed E-state index contributed by atoms with van der Waals surface area (Å²) in [5, 5.41) is 12.5. The van der Waals surface area contributed by atoms with Crippen molar-refractivity contribution < 1.29 is 13.5 Å². The number of ether oxygens (including phenoxy) is 1. The first-order chi connectivity index (χ1) is 17.9. The molecule has 0 spiro atoms. The highest BCUT2D eigenvalue weighted by Gasteiger charge is 2.18. The van der Waals surface area contributed by atoms with E-state index in [0.717, 1.165) is 19.3 Å². The molecule has 3 aromatic heterocycles. The molecule has 0 aliphatic carbocycles. The molecular weight excluding hydrogens is 500 g/mol. The van der Waals surface area contributed by atoms with Crippen molar-refractivity contribution in [3.8, 4) is 23.3 Å². The smallest absolute Gasteiger partial charge is 0.316 e. The lowest BCUT2D eigenvalue weighted by atomic mass is 10.1. The number of pyridine rings is 2. The summed E-state index contributed by atoms with van der Waals surface area (Å²) in [4.78, 5) is 17.1. The molecule has 3 heterocycles. The molecule has 1 aromatic carbocycles. The summed E-state index contributed by atoms with van der Waals surface area (Å²) in [5.74, 6) is -1.09. The molecule has 0 saturated carbocycles. The number of benzene rings is 1. The van der Waals surface area contributed by atoms with Crippen molar-refractivity contribution in [3.05, 3.63) is 70.1 Å². The minimum Gasteiger partial charge on any atom is -0.463 e. The number of fused-ring (bicyclic) bond motifs is 1. The second kappa shape index (κ2) is 11.9. The number of rotatable bonds is 10. The van der Waals surface area contributed by atoms with Crippen LogP contribution in [0.15, 0.2) is 36.7 Å². The van der Waals surface area contributed by atoms with E-state index < -0.39 is 11.6 Å². The van der Waals surface area contributed by atoms with Crippen LogP contribution in [-0.4, -0.2) is 33.1 Å². The van der Waals surface area contributed by atoms with E-state index in [0.29, 0.717) is 41.2 Å². The highest BCUT2D eigenvalue weighted by atomic mass is 35.5. The minimum absolute atomic E-state index is 0.00410. The first-order valence-corrected chi connectivity index (χ1v) is 12.0. The Morgan fingerprint density at radius 3 is 2.59 bits per heavy atom. The quantitative estimate of drug-likeness (QED) is 0.268. The van der Waals surface area contributed by atoms with Gasteiger partial charge in [0.25, 0.3) is 0 Å². The van der Waals surface area contributed by atoms with Crippen molar-refractivity contribution >= 4 is 28.3 Å². The van der Waals surface area contributed by atoms with Crippen LogP contribution in [0.5, 0.6) is 6.01 Å². The summed E-state index contributed by atoms with van der Waals surface area (Å²) in [6.07, 6.45) is 5.56. The van der Waals surface area contributed by atoms with Crippen LogP contribution in [0.25, 0.3) is 22.3 Å². The van der Waals surface area contributed by atoms with Crippen LogP contribution in [0, 0.1) is 29.9 Å². The molecule has 11 heteroatoms. The number of anilines is 1. The van der Waals surface area contributed by atoms with E-state index in [4.69, 9.17) is 27.3 Å². The lowest BCUT2D eigenvalue weighted by Crippen LogP contribution is -2.06. The summed E-state index contributed by atoms with van der Waals surface area (Å²) in [6, 6.07) is 7.50. The third kappa shape index (κ3) is 6.07. The van der Waals surface area contributed by atoms with Crippen LogP contribution in [0.1, 0.15) is 36.1 Å². The van der Waals surface area contributed by atoms with Crippen LogP contribution in [0.3, 0.4) is 0 Å². The molecule has 0 aliphatic rings. The Morgan fingerprint density at radius 2 is 1.86 bits per heavy atom. The number of halogens is 3.